The second-order valence-electron chi connectivity index (χ2n) is 3.29. The first-order valence-corrected chi connectivity index (χ1v) is 6.86. The number of fused-ring (bicyclic) bond motifs is 1. The molecule has 0 N–H and O–H groups in total. The van der Waals surface area contributed by atoms with Crippen molar-refractivity contribution in [2.75, 3.05) is 0 Å². The number of rotatable bonds is 0. The Labute approximate surface area is 106 Å². The van der Waals surface area contributed by atoms with Crippen LogP contribution < -0.4 is 11.1 Å². The fourth-order valence-corrected chi connectivity index (χ4v) is 4.74. The van der Waals surface area contributed by atoms with Gasteiger partial charge in [-0.05, 0) is 11.5 Å². The third kappa shape index (κ3) is 1.30. The van der Waals surface area contributed by atoms with Gasteiger partial charge >= 0.3 is 0 Å². The van der Waals surface area contributed by atoms with Crippen LogP contribution in [0.1, 0.15) is 4.88 Å². The van der Waals surface area contributed by atoms with E-state index < -0.39 is 0 Å². The summed E-state index contributed by atoms with van der Waals surface area (Å²) in [6, 6.07) is 2.04. The monoisotopic (exact) mass is 281 g/mol. The molecule has 84 valence electrons. The minimum atomic E-state index is -0.303. The van der Waals surface area contributed by atoms with Gasteiger partial charge in [-0.3, -0.25) is 14.2 Å². The fourth-order valence-electron chi connectivity index (χ4n) is 1.46. The molecule has 17 heavy (non-hydrogen) atoms. The topological polar surface area (TPSA) is 75.8 Å². The first kappa shape index (κ1) is 10.6. The molecule has 0 spiro atoms. The maximum absolute atomic E-state index is 11.8. The molecule has 0 saturated carbocycles. The van der Waals surface area contributed by atoms with Crippen molar-refractivity contribution in [3.05, 3.63) is 34.6 Å². The molecule has 2 aliphatic heterocycles. The van der Waals surface area contributed by atoms with Crippen molar-refractivity contribution in [2.45, 2.75) is 0 Å². The van der Waals surface area contributed by atoms with Crippen LogP contribution in [0, 0.1) is 20.4 Å². The van der Waals surface area contributed by atoms with E-state index in [1.807, 2.05) is 6.07 Å². The Hall–Kier alpha value is -1.56. The van der Waals surface area contributed by atoms with Gasteiger partial charge in [-0.15, -0.1) is 22.7 Å². The van der Waals surface area contributed by atoms with E-state index in [4.69, 9.17) is 5.26 Å². The average molecular weight is 281 g/mol. The van der Waals surface area contributed by atoms with E-state index in [1.54, 1.807) is 0 Å². The van der Waals surface area contributed by atoms with Crippen LogP contribution in [0.15, 0.2) is 9.59 Å². The van der Waals surface area contributed by atoms with Crippen LogP contribution in [-0.2, 0) is 7.05 Å². The van der Waals surface area contributed by atoms with Gasteiger partial charge in [-0.2, -0.15) is 9.64 Å². The van der Waals surface area contributed by atoms with E-state index in [-0.39, 0.29) is 11.1 Å². The van der Waals surface area contributed by atoms with Gasteiger partial charge in [0.05, 0.1) is 4.70 Å². The van der Waals surface area contributed by atoms with Gasteiger partial charge in [-0.1, -0.05) is 0 Å². The second kappa shape index (κ2) is 3.46. The lowest BCUT2D eigenvalue weighted by molar-refractivity contribution is 0.845. The number of nitriles is 1. The summed E-state index contributed by atoms with van der Waals surface area (Å²) in [7, 11) is 1.45. The van der Waals surface area contributed by atoms with Crippen molar-refractivity contribution in [3.8, 4) is 6.07 Å². The SMILES string of the molecule is Cn1c(=O)c2sc3nsc(C#N)c3sc=2c1=O. The Kier molecular flexibility index (Phi) is 2.16. The summed E-state index contributed by atoms with van der Waals surface area (Å²) < 4.78 is 6.73. The Bertz CT molecular complexity index is 953. The van der Waals surface area contributed by atoms with Gasteiger partial charge in [0, 0.05) is 7.05 Å². The molecule has 2 aliphatic rings. The number of hydrogen-bond acceptors (Lipinski definition) is 7. The highest BCUT2D eigenvalue weighted by molar-refractivity contribution is 7.29. The Morgan fingerprint density at radius 3 is 2.53 bits per heavy atom. The van der Waals surface area contributed by atoms with Gasteiger partial charge < -0.3 is 0 Å². The minimum absolute atomic E-state index is 0.292. The molecule has 1 aromatic heterocycles. The highest BCUT2D eigenvalue weighted by atomic mass is 32.1. The molecule has 0 fully saturated rings. The third-order valence-corrected chi connectivity index (χ3v) is 5.84. The molecule has 1 aromatic rings. The van der Waals surface area contributed by atoms with Gasteiger partial charge in [-0.25, -0.2) is 0 Å². The maximum atomic E-state index is 11.8. The summed E-state index contributed by atoms with van der Waals surface area (Å²) in [5.41, 5.74) is -0.595. The summed E-state index contributed by atoms with van der Waals surface area (Å²) in [5, 5.41) is 8.91. The number of aromatic nitrogens is 2. The van der Waals surface area contributed by atoms with E-state index in [0.29, 0.717) is 23.5 Å². The second-order valence-corrected chi connectivity index (χ2v) is 6.08. The first-order valence-electron chi connectivity index (χ1n) is 4.45. The van der Waals surface area contributed by atoms with Crippen LogP contribution in [0.3, 0.4) is 0 Å². The van der Waals surface area contributed by atoms with Crippen LogP contribution in [0.2, 0.25) is 0 Å². The quantitative estimate of drug-likeness (QED) is 0.618. The zero-order chi connectivity index (χ0) is 12.2. The molecule has 0 aromatic carbocycles. The average Bonchev–Trinajstić information content (AvgIpc) is 2.84. The Morgan fingerprint density at radius 1 is 1.24 bits per heavy atom. The Morgan fingerprint density at radius 2 is 1.88 bits per heavy atom. The summed E-state index contributed by atoms with van der Waals surface area (Å²) in [4.78, 5) is 24.7. The van der Waals surface area contributed by atoms with Gasteiger partial charge in [0.15, 0.2) is 0 Å². The molecular formula is C9H3N3O2S3. The largest absolute Gasteiger partial charge is 0.276 e. The molecule has 0 atom stereocenters. The van der Waals surface area contributed by atoms with E-state index in [0.717, 1.165) is 16.1 Å². The lowest BCUT2D eigenvalue weighted by Gasteiger charge is -1.84. The van der Waals surface area contributed by atoms with E-state index >= 15 is 0 Å². The third-order valence-electron chi connectivity index (χ3n) is 2.33. The highest BCUT2D eigenvalue weighted by Gasteiger charge is 2.13. The van der Waals surface area contributed by atoms with Crippen molar-refractivity contribution in [1.29, 1.82) is 5.26 Å². The summed E-state index contributed by atoms with van der Waals surface area (Å²) >= 11 is 3.44. The lowest BCUT2D eigenvalue weighted by atomic mass is 10.5. The van der Waals surface area contributed by atoms with E-state index in [2.05, 4.69) is 4.37 Å². The van der Waals surface area contributed by atoms with Crippen molar-refractivity contribution < 1.29 is 0 Å². The summed E-state index contributed by atoms with van der Waals surface area (Å²) in [6.07, 6.45) is 0. The molecule has 0 unspecified atom stereocenters. The smallest absolute Gasteiger partial charge is 0.272 e. The van der Waals surface area contributed by atoms with Crippen molar-refractivity contribution in [1.82, 2.24) is 8.94 Å². The molecule has 8 heteroatoms. The normalized spacial score (nSPS) is 11.1. The lowest BCUT2D eigenvalue weighted by Crippen LogP contribution is -2.21. The van der Waals surface area contributed by atoms with Gasteiger partial charge in [0.2, 0.25) is 0 Å². The minimum Gasteiger partial charge on any atom is -0.276 e. The van der Waals surface area contributed by atoms with Crippen molar-refractivity contribution in [3.63, 3.8) is 0 Å². The Balaban J connectivity index is 2.70. The van der Waals surface area contributed by atoms with Gasteiger partial charge in [0.1, 0.15) is 24.8 Å². The van der Waals surface area contributed by atoms with E-state index in [1.165, 1.54) is 29.7 Å². The number of nitrogens with zero attached hydrogens (tertiary/aromatic N) is 3. The standard InChI is InChI=1S/C9H3N3O2S3/c1-12-8(13)5-6(9(12)14)16-7-4(15-5)3(2-10)17-11-7/h1H3. The molecule has 5 nitrogen and oxygen atoms in total. The summed E-state index contributed by atoms with van der Waals surface area (Å²) in [6.45, 7) is 0. The molecule has 0 saturated heterocycles. The molecule has 0 aliphatic carbocycles. The summed E-state index contributed by atoms with van der Waals surface area (Å²) in [5.74, 6) is 0. The molecule has 3 rings (SSSR count). The van der Waals surface area contributed by atoms with Crippen LogP contribution in [0.25, 0.3) is 9.53 Å². The number of hydrogen-bond donors (Lipinski definition) is 0. The van der Waals surface area contributed by atoms with E-state index in [9.17, 15) is 9.59 Å². The molecule has 0 radical (unpaired) electrons. The van der Waals surface area contributed by atoms with Crippen molar-refractivity contribution in [2.24, 2.45) is 7.05 Å². The zero-order valence-corrected chi connectivity index (χ0v) is 10.8. The molecule has 0 amide bonds. The molecule has 3 heterocycles. The first-order chi connectivity index (χ1) is 8.13. The van der Waals surface area contributed by atoms with Crippen LogP contribution in [0.5, 0.6) is 0 Å². The predicted octanol–water partition coefficient (Wildman–Crippen LogP) is 1.07. The highest BCUT2D eigenvalue weighted by Crippen LogP contribution is 2.28. The molecular weight excluding hydrogens is 278 g/mol. The van der Waals surface area contributed by atoms with Crippen LogP contribution in [0.4, 0.5) is 0 Å². The van der Waals surface area contributed by atoms with Crippen molar-refractivity contribution >= 4 is 43.7 Å². The predicted molar refractivity (Wildman–Crippen MR) is 66.9 cm³/mol. The fraction of sp³-hybridized carbons (Fsp3) is 0.111. The van der Waals surface area contributed by atoms with Crippen LogP contribution >= 0.6 is 34.2 Å². The zero-order valence-electron chi connectivity index (χ0n) is 8.38. The maximum Gasteiger partial charge on any atom is 0.272 e. The van der Waals surface area contributed by atoms with Gasteiger partial charge in [0.25, 0.3) is 11.1 Å². The van der Waals surface area contributed by atoms with Crippen LogP contribution in [-0.4, -0.2) is 8.94 Å². The molecule has 0 bridgehead atoms.